The highest BCUT2D eigenvalue weighted by molar-refractivity contribution is 9.10. The molecular weight excluding hydrogens is 556 g/mol. The molecule has 2 N–H and O–H groups in total. The number of allylic oxidation sites excluding steroid dienone is 1. The van der Waals surface area contributed by atoms with E-state index < -0.39 is 0 Å². The quantitative estimate of drug-likeness (QED) is 0.154. The Morgan fingerprint density at radius 2 is 1.79 bits per heavy atom. The molecule has 1 heterocycles. The largest absolute Gasteiger partial charge is 0.487 e. The highest BCUT2D eigenvalue weighted by Gasteiger charge is 2.27. The minimum Gasteiger partial charge on any atom is -0.487 e. The van der Waals surface area contributed by atoms with Gasteiger partial charge in [-0.1, -0.05) is 73.3 Å². The van der Waals surface area contributed by atoms with E-state index in [1.165, 1.54) is 28.1 Å². The molecule has 1 aliphatic rings. The Morgan fingerprint density at radius 1 is 1.03 bits per heavy atom. The molecular formula is C32H29BrN2O2S. The van der Waals surface area contributed by atoms with Gasteiger partial charge in [0, 0.05) is 5.69 Å². The summed E-state index contributed by atoms with van der Waals surface area (Å²) in [5, 5.41) is 8.80. The summed E-state index contributed by atoms with van der Waals surface area (Å²) >= 11 is 5.18. The Kier molecular flexibility index (Phi) is 8.20. The van der Waals surface area contributed by atoms with Gasteiger partial charge in [-0.25, -0.2) is 0 Å². The molecule has 4 nitrogen and oxygen atoms in total. The number of anilines is 1. The summed E-state index contributed by atoms with van der Waals surface area (Å²) in [6.07, 6.45) is 5.44. The number of aryl methyl sites for hydroxylation is 1. The van der Waals surface area contributed by atoms with Crippen molar-refractivity contribution in [2.75, 3.05) is 5.32 Å². The van der Waals surface area contributed by atoms with Crippen LogP contribution in [0.2, 0.25) is 0 Å². The SMILES string of the molecule is C=CCc1cc(/C=C2\S[C@@H](Nc3ccc(CC)cc3)NC2=O)cc(Br)c1OCc1ccc2ccccc2c1. The van der Waals surface area contributed by atoms with Gasteiger partial charge in [-0.05, 0) is 98.2 Å². The Bertz CT molecular complexity index is 1510. The predicted octanol–water partition coefficient (Wildman–Crippen LogP) is 8.07. The topological polar surface area (TPSA) is 50.4 Å². The molecule has 6 heteroatoms. The summed E-state index contributed by atoms with van der Waals surface area (Å²) in [5.74, 6) is 0.703. The van der Waals surface area contributed by atoms with Crippen LogP contribution in [0.3, 0.4) is 0 Å². The van der Waals surface area contributed by atoms with Crippen molar-refractivity contribution in [3.05, 3.63) is 123 Å². The van der Waals surface area contributed by atoms with E-state index in [0.29, 0.717) is 17.9 Å². The molecule has 4 aromatic carbocycles. The summed E-state index contributed by atoms with van der Waals surface area (Å²) in [4.78, 5) is 13.4. The van der Waals surface area contributed by atoms with Crippen molar-refractivity contribution in [2.24, 2.45) is 0 Å². The van der Waals surface area contributed by atoms with Crippen LogP contribution in [-0.2, 0) is 24.2 Å². The van der Waals surface area contributed by atoms with Gasteiger partial charge < -0.3 is 15.4 Å². The smallest absolute Gasteiger partial charge is 0.260 e. The van der Waals surface area contributed by atoms with Gasteiger partial charge in [0.25, 0.3) is 5.91 Å². The van der Waals surface area contributed by atoms with Crippen molar-refractivity contribution < 1.29 is 9.53 Å². The Labute approximate surface area is 236 Å². The lowest BCUT2D eigenvalue weighted by Crippen LogP contribution is -2.30. The number of halogens is 1. The Hall–Kier alpha value is -3.48. The van der Waals surface area contributed by atoms with Crippen molar-refractivity contribution in [1.29, 1.82) is 0 Å². The molecule has 0 bridgehead atoms. The van der Waals surface area contributed by atoms with Gasteiger partial charge in [0.2, 0.25) is 0 Å². The molecule has 4 aromatic rings. The first-order valence-corrected chi connectivity index (χ1v) is 14.3. The number of hydrogen-bond donors (Lipinski definition) is 2. The number of amides is 1. The van der Waals surface area contributed by atoms with Crippen LogP contribution in [0.15, 0.2) is 101 Å². The number of benzene rings is 4. The number of thioether (sulfide) groups is 1. The third-order valence-electron chi connectivity index (χ3n) is 6.39. The summed E-state index contributed by atoms with van der Waals surface area (Å²) in [6.45, 7) is 6.51. The van der Waals surface area contributed by atoms with Gasteiger partial charge in [-0.15, -0.1) is 6.58 Å². The molecule has 38 heavy (non-hydrogen) atoms. The van der Waals surface area contributed by atoms with Crippen LogP contribution in [-0.4, -0.2) is 11.4 Å². The lowest BCUT2D eigenvalue weighted by molar-refractivity contribution is -0.116. The van der Waals surface area contributed by atoms with E-state index in [9.17, 15) is 4.79 Å². The molecule has 0 unspecified atom stereocenters. The highest BCUT2D eigenvalue weighted by Crippen LogP contribution is 2.35. The van der Waals surface area contributed by atoms with E-state index in [0.717, 1.165) is 39.0 Å². The summed E-state index contributed by atoms with van der Waals surface area (Å²) in [6, 6.07) is 27.0. The fraction of sp³-hybridized carbons (Fsp3) is 0.156. The first-order chi connectivity index (χ1) is 18.5. The van der Waals surface area contributed by atoms with E-state index in [4.69, 9.17) is 4.74 Å². The third-order valence-corrected chi connectivity index (χ3v) is 8.01. The van der Waals surface area contributed by atoms with Gasteiger partial charge in [-0.3, -0.25) is 4.79 Å². The second kappa shape index (κ2) is 11.9. The first kappa shape index (κ1) is 26.1. The standard InChI is InChI=1S/C32H29BrN2O2S/c1-3-7-26-17-23(19-29-31(36)35-32(38-29)34-27-14-11-21(4-2)12-15-27)18-28(33)30(26)37-20-22-10-13-24-8-5-6-9-25(24)16-22/h3,5-6,8-19,32,34H,1,4,7,20H2,2H3,(H,35,36)/b29-19-/t32-/m0/s1. The molecule has 0 aromatic heterocycles. The van der Waals surface area contributed by atoms with E-state index in [-0.39, 0.29) is 11.4 Å². The fourth-order valence-corrected chi connectivity index (χ4v) is 6.03. The lowest BCUT2D eigenvalue weighted by Gasteiger charge is -2.15. The van der Waals surface area contributed by atoms with Crippen LogP contribution >= 0.6 is 27.7 Å². The molecule has 0 radical (unpaired) electrons. The third kappa shape index (κ3) is 6.14. The van der Waals surface area contributed by atoms with Crippen LogP contribution in [0.5, 0.6) is 5.75 Å². The summed E-state index contributed by atoms with van der Waals surface area (Å²) < 4.78 is 7.14. The van der Waals surface area contributed by atoms with Crippen molar-refractivity contribution in [2.45, 2.75) is 31.9 Å². The number of ether oxygens (including phenoxy) is 1. The van der Waals surface area contributed by atoms with Crippen molar-refractivity contribution >= 4 is 56.1 Å². The molecule has 1 saturated heterocycles. The van der Waals surface area contributed by atoms with Crippen LogP contribution < -0.4 is 15.4 Å². The first-order valence-electron chi connectivity index (χ1n) is 12.6. The average molecular weight is 586 g/mol. The van der Waals surface area contributed by atoms with E-state index in [1.54, 1.807) is 0 Å². The van der Waals surface area contributed by atoms with Crippen molar-refractivity contribution in [3.8, 4) is 5.75 Å². The lowest BCUT2D eigenvalue weighted by atomic mass is 10.1. The molecule has 1 fully saturated rings. The number of carbonyl (C=O) groups excluding carboxylic acids is 1. The molecule has 1 atom stereocenters. The average Bonchev–Trinajstić information content (AvgIpc) is 3.26. The molecule has 5 rings (SSSR count). The summed E-state index contributed by atoms with van der Waals surface area (Å²) in [5.41, 5.74) is 5.08. The minimum absolute atomic E-state index is 0.0873. The van der Waals surface area contributed by atoms with Crippen molar-refractivity contribution in [3.63, 3.8) is 0 Å². The predicted molar refractivity (Wildman–Crippen MR) is 163 cm³/mol. The Morgan fingerprint density at radius 3 is 2.55 bits per heavy atom. The second-order valence-electron chi connectivity index (χ2n) is 9.13. The summed E-state index contributed by atoms with van der Waals surface area (Å²) in [7, 11) is 0. The molecule has 0 saturated carbocycles. The number of hydrogen-bond acceptors (Lipinski definition) is 4. The molecule has 0 spiro atoms. The maximum atomic E-state index is 12.7. The zero-order chi connectivity index (χ0) is 26.5. The van der Waals surface area contributed by atoms with Gasteiger partial charge >= 0.3 is 0 Å². The zero-order valence-electron chi connectivity index (χ0n) is 21.2. The van der Waals surface area contributed by atoms with Crippen LogP contribution in [0, 0.1) is 0 Å². The number of nitrogens with one attached hydrogen (secondary N) is 2. The van der Waals surface area contributed by atoms with E-state index in [2.05, 4.69) is 88.6 Å². The van der Waals surface area contributed by atoms with Crippen LogP contribution in [0.1, 0.15) is 29.2 Å². The number of carbonyl (C=O) groups is 1. The van der Waals surface area contributed by atoms with Gasteiger partial charge in [0.05, 0.1) is 9.38 Å². The molecule has 0 aliphatic carbocycles. The van der Waals surface area contributed by atoms with Gasteiger partial charge in [0.15, 0.2) is 5.50 Å². The number of rotatable bonds is 9. The maximum Gasteiger partial charge on any atom is 0.260 e. The van der Waals surface area contributed by atoms with E-state index in [1.807, 2.05) is 42.5 Å². The van der Waals surface area contributed by atoms with Crippen LogP contribution in [0.4, 0.5) is 5.69 Å². The van der Waals surface area contributed by atoms with Crippen molar-refractivity contribution in [1.82, 2.24) is 5.32 Å². The second-order valence-corrected chi connectivity index (χ2v) is 11.1. The molecule has 1 amide bonds. The minimum atomic E-state index is -0.220. The van der Waals surface area contributed by atoms with E-state index >= 15 is 0 Å². The molecule has 1 aliphatic heterocycles. The monoisotopic (exact) mass is 584 g/mol. The zero-order valence-corrected chi connectivity index (χ0v) is 23.6. The fourth-order valence-electron chi connectivity index (χ4n) is 4.41. The normalized spacial score (nSPS) is 16.0. The van der Waals surface area contributed by atoms with Gasteiger partial charge in [0.1, 0.15) is 12.4 Å². The maximum absolute atomic E-state index is 12.7. The highest BCUT2D eigenvalue weighted by atomic mass is 79.9. The molecule has 192 valence electrons. The number of fused-ring (bicyclic) bond motifs is 1. The van der Waals surface area contributed by atoms with Crippen LogP contribution in [0.25, 0.3) is 16.8 Å². The van der Waals surface area contributed by atoms with Gasteiger partial charge in [-0.2, -0.15) is 0 Å². The Balaban J connectivity index is 1.31.